The first-order chi connectivity index (χ1) is 11.4. The molecule has 0 aliphatic heterocycles. The molecule has 1 aromatic rings. The molecule has 4 nitrogen and oxygen atoms in total. The number of carbonyl (C=O) groups is 1. The van der Waals surface area contributed by atoms with Crippen LogP contribution < -0.4 is 10.2 Å². The van der Waals surface area contributed by atoms with Crippen molar-refractivity contribution in [1.29, 1.82) is 0 Å². The quantitative estimate of drug-likeness (QED) is 0.633. The lowest BCUT2D eigenvalue weighted by Gasteiger charge is -2.22. The maximum Gasteiger partial charge on any atom is 0.277 e. The summed E-state index contributed by atoms with van der Waals surface area (Å²) >= 11 is 5.90. The largest absolute Gasteiger partial charge is 0.483 e. The van der Waals surface area contributed by atoms with E-state index < -0.39 is 0 Å². The Labute approximate surface area is 148 Å². The fraction of sp³-hybridized carbons (Fsp3) is 0.368. The molecule has 0 fully saturated rings. The number of aryl methyl sites for hydroxylation is 1. The third-order valence-electron chi connectivity index (χ3n) is 4.11. The Morgan fingerprint density at radius 2 is 2.21 bits per heavy atom. The summed E-state index contributed by atoms with van der Waals surface area (Å²) in [5.74, 6) is 0.734. The average molecular weight is 347 g/mol. The van der Waals surface area contributed by atoms with Gasteiger partial charge in [-0.2, -0.15) is 5.10 Å². The molecule has 1 N–H and O–H groups in total. The minimum Gasteiger partial charge on any atom is -0.483 e. The number of ether oxygens (including phenoxy) is 1. The van der Waals surface area contributed by atoms with Crippen LogP contribution in [0.2, 0.25) is 5.02 Å². The van der Waals surface area contributed by atoms with Crippen LogP contribution in [0.3, 0.4) is 0 Å². The van der Waals surface area contributed by atoms with Gasteiger partial charge >= 0.3 is 0 Å². The molecule has 0 unspecified atom stereocenters. The van der Waals surface area contributed by atoms with Crippen LogP contribution in [0.15, 0.2) is 47.1 Å². The van der Waals surface area contributed by atoms with Gasteiger partial charge in [0.25, 0.3) is 5.91 Å². The van der Waals surface area contributed by atoms with Gasteiger partial charge in [0.05, 0.1) is 5.71 Å². The monoisotopic (exact) mass is 346 g/mol. The van der Waals surface area contributed by atoms with Crippen molar-refractivity contribution in [3.63, 3.8) is 0 Å². The van der Waals surface area contributed by atoms with E-state index in [1.807, 2.05) is 20.8 Å². The molecular formula is C19H23ClN2O2. The molecule has 0 heterocycles. The summed E-state index contributed by atoms with van der Waals surface area (Å²) in [5, 5.41) is 4.89. The van der Waals surface area contributed by atoms with Gasteiger partial charge in [-0.05, 0) is 68.9 Å². The van der Waals surface area contributed by atoms with E-state index >= 15 is 0 Å². The first-order valence-electron chi connectivity index (χ1n) is 7.93. The molecule has 5 heteroatoms. The predicted octanol–water partition coefficient (Wildman–Crippen LogP) is 4.43. The number of nitrogens with one attached hydrogen (secondary N) is 1. The molecule has 2 rings (SSSR count). The molecule has 0 saturated heterocycles. The van der Waals surface area contributed by atoms with Gasteiger partial charge in [0.2, 0.25) is 0 Å². The third kappa shape index (κ3) is 4.96. The van der Waals surface area contributed by atoms with E-state index in [2.05, 4.69) is 23.2 Å². The number of nitrogens with zero attached hydrogens (tertiary/aromatic N) is 1. The summed E-state index contributed by atoms with van der Waals surface area (Å²) in [4.78, 5) is 12.0. The first kappa shape index (κ1) is 18.3. The van der Waals surface area contributed by atoms with E-state index in [1.54, 1.807) is 18.2 Å². The highest BCUT2D eigenvalue weighted by molar-refractivity contribution is 6.30. The fourth-order valence-corrected chi connectivity index (χ4v) is 2.73. The van der Waals surface area contributed by atoms with Crippen LogP contribution in [0.1, 0.15) is 32.3 Å². The summed E-state index contributed by atoms with van der Waals surface area (Å²) in [6.45, 7) is 9.83. The van der Waals surface area contributed by atoms with Gasteiger partial charge in [-0.1, -0.05) is 29.8 Å². The highest BCUT2D eigenvalue weighted by Crippen LogP contribution is 2.26. The lowest BCUT2D eigenvalue weighted by atomic mass is 9.85. The summed E-state index contributed by atoms with van der Waals surface area (Å²) in [6, 6.07) is 5.28. The van der Waals surface area contributed by atoms with Crippen LogP contribution in [0.4, 0.5) is 0 Å². The summed E-state index contributed by atoms with van der Waals surface area (Å²) in [7, 11) is 0. The Morgan fingerprint density at radius 3 is 2.88 bits per heavy atom. The second kappa shape index (κ2) is 8.15. The molecule has 0 bridgehead atoms. The second-order valence-electron chi connectivity index (χ2n) is 6.16. The molecule has 0 aromatic heterocycles. The van der Waals surface area contributed by atoms with E-state index in [0.29, 0.717) is 16.7 Å². The van der Waals surface area contributed by atoms with Crippen molar-refractivity contribution in [3.8, 4) is 5.75 Å². The number of hydrogen-bond donors (Lipinski definition) is 1. The molecule has 1 amide bonds. The zero-order valence-corrected chi connectivity index (χ0v) is 15.1. The van der Waals surface area contributed by atoms with Crippen LogP contribution in [-0.4, -0.2) is 18.2 Å². The Morgan fingerprint density at radius 1 is 1.46 bits per heavy atom. The number of benzene rings is 1. The van der Waals surface area contributed by atoms with Crippen molar-refractivity contribution >= 4 is 23.2 Å². The molecule has 0 saturated carbocycles. The van der Waals surface area contributed by atoms with Crippen LogP contribution in [0.5, 0.6) is 5.75 Å². The predicted molar refractivity (Wildman–Crippen MR) is 98.6 cm³/mol. The van der Waals surface area contributed by atoms with Gasteiger partial charge in [0, 0.05) is 5.02 Å². The lowest BCUT2D eigenvalue weighted by molar-refractivity contribution is -0.123. The van der Waals surface area contributed by atoms with Crippen LogP contribution in [0, 0.1) is 12.8 Å². The van der Waals surface area contributed by atoms with Crippen LogP contribution in [-0.2, 0) is 4.79 Å². The highest BCUT2D eigenvalue weighted by atomic mass is 35.5. The first-order valence-corrected chi connectivity index (χ1v) is 8.31. The minimum absolute atomic E-state index is 0.0913. The van der Waals surface area contributed by atoms with Gasteiger partial charge in [-0.25, -0.2) is 5.43 Å². The number of hydrogen-bond acceptors (Lipinski definition) is 3. The molecule has 1 atom stereocenters. The molecule has 1 aliphatic carbocycles. The Balaban J connectivity index is 1.91. The SMILES string of the molecule is C=C(C)[C@@H]1CC=C(C)/C(=N\NC(=O)COc2ccc(Cl)cc2C)C1. The van der Waals surface area contributed by atoms with Crippen molar-refractivity contribution in [3.05, 3.63) is 52.6 Å². The smallest absolute Gasteiger partial charge is 0.277 e. The van der Waals surface area contributed by atoms with Crippen LogP contribution in [0.25, 0.3) is 0 Å². The molecule has 1 aliphatic rings. The molecule has 0 radical (unpaired) electrons. The van der Waals surface area contributed by atoms with Gasteiger partial charge < -0.3 is 4.74 Å². The van der Waals surface area contributed by atoms with Crippen molar-refractivity contribution in [1.82, 2.24) is 5.43 Å². The lowest BCUT2D eigenvalue weighted by Crippen LogP contribution is -2.27. The second-order valence-corrected chi connectivity index (χ2v) is 6.60. The topological polar surface area (TPSA) is 50.7 Å². The van der Waals surface area contributed by atoms with Gasteiger partial charge in [0.1, 0.15) is 5.75 Å². The van der Waals surface area contributed by atoms with Gasteiger partial charge in [0.15, 0.2) is 6.61 Å². The van der Waals surface area contributed by atoms with E-state index in [0.717, 1.165) is 35.3 Å². The number of amides is 1. The zero-order chi connectivity index (χ0) is 17.7. The van der Waals surface area contributed by atoms with E-state index in [4.69, 9.17) is 16.3 Å². The van der Waals surface area contributed by atoms with Crippen molar-refractivity contribution < 1.29 is 9.53 Å². The Bertz CT molecular complexity index is 707. The Hall–Kier alpha value is -2.07. The molecule has 24 heavy (non-hydrogen) atoms. The van der Waals surface area contributed by atoms with Gasteiger partial charge in [-0.15, -0.1) is 0 Å². The highest BCUT2D eigenvalue weighted by Gasteiger charge is 2.18. The van der Waals surface area contributed by atoms with Crippen molar-refractivity contribution in [2.75, 3.05) is 6.61 Å². The summed E-state index contributed by atoms with van der Waals surface area (Å²) in [6.07, 6.45) is 3.92. The fourth-order valence-electron chi connectivity index (χ4n) is 2.50. The van der Waals surface area contributed by atoms with Crippen LogP contribution >= 0.6 is 11.6 Å². The summed E-state index contributed by atoms with van der Waals surface area (Å²) < 4.78 is 5.51. The standard InChI is InChI=1S/C19H23ClN2O2/c1-12(2)15-6-5-13(3)17(10-15)21-22-19(23)11-24-18-8-7-16(20)9-14(18)4/h5,7-9,15H,1,6,10-11H2,2-4H3,(H,22,23)/b21-17-/t15-/m1/s1. The number of rotatable bonds is 5. The Kier molecular flexibility index (Phi) is 6.21. The molecular weight excluding hydrogens is 324 g/mol. The van der Waals surface area contributed by atoms with E-state index in [9.17, 15) is 4.79 Å². The van der Waals surface area contributed by atoms with E-state index in [1.165, 1.54) is 0 Å². The van der Waals surface area contributed by atoms with Crippen molar-refractivity contribution in [2.24, 2.45) is 11.0 Å². The number of halogens is 1. The number of allylic oxidation sites excluding steroid dienone is 3. The maximum absolute atomic E-state index is 12.0. The normalized spacial score (nSPS) is 18.9. The van der Waals surface area contributed by atoms with Gasteiger partial charge in [-0.3, -0.25) is 4.79 Å². The average Bonchev–Trinajstić information content (AvgIpc) is 2.53. The molecule has 0 spiro atoms. The maximum atomic E-state index is 12.0. The number of hydrazone groups is 1. The minimum atomic E-state index is -0.290. The third-order valence-corrected chi connectivity index (χ3v) is 4.35. The summed E-state index contributed by atoms with van der Waals surface area (Å²) in [5.41, 5.74) is 6.59. The molecule has 128 valence electrons. The number of carbonyl (C=O) groups excluding carboxylic acids is 1. The zero-order valence-electron chi connectivity index (χ0n) is 14.4. The molecule has 1 aromatic carbocycles. The van der Waals surface area contributed by atoms with E-state index in [-0.39, 0.29) is 12.5 Å². The van der Waals surface area contributed by atoms with Crippen molar-refractivity contribution in [2.45, 2.75) is 33.6 Å².